The van der Waals surface area contributed by atoms with Crippen LogP contribution in [0.25, 0.3) is 22.3 Å². The lowest BCUT2D eigenvalue weighted by Gasteiger charge is -2.26. The van der Waals surface area contributed by atoms with E-state index >= 15 is 0 Å². The van der Waals surface area contributed by atoms with Crippen LogP contribution in [0.5, 0.6) is 5.75 Å². The number of aromatic amines is 1. The summed E-state index contributed by atoms with van der Waals surface area (Å²) in [7, 11) is 0. The number of alkyl halides is 2. The number of ether oxygens (including phenoxy) is 1. The number of rotatable bonds is 7. The van der Waals surface area contributed by atoms with Crippen LogP contribution in [0.2, 0.25) is 0 Å². The summed E-state index contributed by atoms with van der Waals surface area (Å²) in [5.74, 6) is 0.598. The van der Waals surface area contributed by atoms with Crippen LogP contribution in [-0.2, 0) is 4.79 Å². The predicted octanol–water partition coefficient (Wildman–Crippen LogP) is 4.65. The van der Waals surface area contributed by atoms with Gasteiger partial charge in [-0.1, -0.05) is 13.8 Å². The molecular weight excluding hydrogens is 480 g/mol. The number of amides is 2. The van der Waals surface area contributed by atoms with Crippen LogP contribution < -0.4 is 10.1 Å². The smallest absolute Gasteiger partial charge is 0.263 e. The van der Waals surface area contributed by atoms with Gasteiger partial charge in [-0.3, -0.25) is 9.59 Å². The number of fused-ring (bicyclic) bond motifs is 1. The van der Waals surface area contributed by atoms with E-state index in [0.29, 0.717) is 64.9 Å². The SMILES string of the molecule is CC(=O)N1CC(NC(=O)c2c(C)[nH]c3c(-c4cc(C(F)F)ccc4OCC4CC4)ncnc23)C(C)(C)C1. The van der Waals surface area contributed by atoms with Crippen molar-refractivity contribution in [1.82, 2.24) is 25.2 Å². The van der Waals surface area contributed by atoms with Gasteiger partial charge < -0.3 is 19.9 Å². The molecule has 1 saturated heterocycles. The largest absolute Gasteiger partial charge is 0.493 e. The summed E-state index contributed by atoms with van der Waals surface area (Å²) in [4.78, 5) is 39.1. The Morgan fingerprint density at radius 3 is 2.68 bits per heavy atom. The van der Waals surface area contributed by atoms with Gasteiger partial charge in [-0.2, -0.15) is 0 Å². The molecule has 1 saturated carbocycles. The molecule has 37 heavy (non-hydrogen) atoms. The normalized spacial score (nSPS) is 19.0. The minimum atomic E-state index is -2.65. The first-order valence-electron chi connectivity index (χ1n) is 12.5. The molecule has 10 heteroatoms. The highest BCUT2D eigenvalue weighted by atomic mass is 19.3. The van der Waals surface area contributed by atoms with Gasteiger partial charge in [-0.15, -0.1) is 0 Å². The molecule has 2 fully saturated rings. The van der Waals surface area contributed by atoms with E-state index in [0.717, 1.165) is 12.8 Å². The van der Waals surface area contributed by atoms with Crippen LogP contribution in [-0.4, -0.2) is 57.4 Å². The molecule has 2 aromatic heterocycles. The van der Waals surface area contributed by atoms with Gasteiger partial charge in [0.1, 0.15) is 23.3 Å². The quantitative estimate of drug-likeness (QED) is 0.481. The summed E-state index contributed by atoms with van der Waals surface area (Å²) in [5.41, 5.74) is 2.20. The molecule has 3 heterocycles. The Morgan fingerprint density at radius 2 is 2.03 bits per heavy atom. The second kappa shape index (κ2) is 9.39. The molecule has 8 nitrogen and oxygen atoms in total. The number of aromatic nitrogens is 3. The highest BCUT2D eigenvalue weighted by molar-refractivity contribution is 6.09. The van der Waals surface area contributed by atoms with Crippen molar-refractivity contribution in [1.29, 1.82) is 0 Å². The van der Waals surface area contributed by atoms with Crippen LogP contribution >= 0.6 is 0 Å². The van der Waals surface area contributed by atoms with E-state index in [1.165, 1.54) is 25.4 Å². The number of benzene rings is 1. The number of carbonyl (C=O) groups is 2. The number of carbonyl (C=O) groups excluding carboxylic acids is 2. The Balaban J connectivity index is 1.52. The van der Waals surface area contributed by atoms with Crippen molar-refractivity contribution in [3.05, 3.63) is 41.3 Å². The van der Waals surface area contributed by atoms with Gasteiger partial charge in [-0.25, -0.2) is 18.7 Å². The van der Waals surface area contributed by atoms with Gasteiger partial charge in [0.15, 0.2) is 0 Å². The lowest BCUT2D eigenvalue weighted by atomic mass is 9.87. The van der Waals surface area contributed by atoms with E-state index < -0.39 is 6.43 Å². The molecule has 1 aliphatic carbocycles. The highest BCUT2D eigenvalue weighted by Gasteiger charge is 2.41. The molecule has 1 aliphatic heterocycles. The van der Waals surface area contributed by atoms with E-state index in [9.17, 15) is 18.4 Å². The standard InChI is InChI=1S/C27H31F2N5O3/c1-14-21(26(36)33-20-10-34(15(2)35)12-27(20,3)4)23-24(32-14)22(30-13-31-23)18-9-17(25(28)29)7-8-19(18)37-11-16-5-6-16/h7-9,13,16,20,25,32H,5-6,10-12H2,1-4H3,(H,33,36). The summed E-state index contributed by atoms with van der Waals surface area (Å²) in [6, 6.07) is 4.07. The van der Waals surface area contributed by atoms with Gasteiger partial charge >= 0.3 is 0 Å². The Kier molecular flexibility index (Phi) is 6.37. The van der Waals surface area contributed by atoms with Gasteiger partial charge in [0, 0.05) is 42.2 Å². The number of halogens is 2. The Labute approximate surface area is 213 Å². The minimum absolute atomic E-state index is 0.0313. The van der Waals surface area contributed by atoms with Crippen LogP contribution in [0.3, 0.4) is 0 Å². The van der Waals surface area contributed by atoms with Gasteiger partial charge in [0.2, 0.25) is 5.91 Å². The zero-order valence-electron chi connectivity index (χ0n) is 21.4. The van der Waals surface area contributed by atoms with Crippen molar-refractivity contribution in [2.45, 2.75) is 53.0 Å². The molecule has 5 rings (SSSR count). The average Bonchev–Trinajstić information content (AvgIpc) is 3.53. The lowest BCUT2D eigenvalue weighted by molar-refractivity contribution is -0.128. The maximum Gasteiger partial charge on any atom is 0.263 e. The third-order valence-corrected chi connectivity index (χ3v) is 7.38. The van der Waals surface area contributed by atoms with Crippen molar-refractivity contribution in [3.8, 4) is 17.0 Å². The van der Waals surface area contributed by atoms with E-state index in [1.807, 2.05) is 13.8 Å². The molecule has 0 radical (unpaired) electrons. The number of aryl methyl sites for hydroxylation is 1. The first-order chi connectivity index (χ1) is 17.5. The fourth-order valence-corrected chi connectivity index (χ4v) is 4.94. The van der Waals surface area contributed by atoms with Crippen LogP contribution in [0.1, 0.15) is 61.7 Å². The van der Waals surface area contributed by atoms with Crippen molar-refractivity contribution < 1.29 is 23.1 Å². The Hall–Kier alpha value is -3.56. The maximum absolute atomic E-state index is 13.6. The molecule has 196 valence electrons. The molecule has 1 aromatic carbocycles. The number of nitrogens with zero attached hydrogens (tertiary/aromatic N) is 3. The van der Waals surface area contributed by atoms with Gasteiger partial charge in [-0.05, 0) is 43.9 Å². The third kappa shape index (κ3) is 4.89. The van der Waals surface area contributed by atoms with Gasteiger partial charge in [0.25, 0.3) is 12.3 Å². The summed E-state index contributed by atoms with van der Waals surface area (Å²) in [6.45, 7) is 8.82. The first-order valence-corrected chi connectivity index (χ1v) is 12.5. The van der Waals surface area contributed by atoms with Gasteiger partial charge in [0.05, 0.1) is 23.7 Å². The van der Waals surface area contributed by atoms with Crippen molar-refractivity contribution in [2.24, 2.45) is 11.3 Å². The molecular formula is C27H31F2N5O3. The average molecular weight is 512 g/mol. The molecule has 0 spiro atoms. The van der Waals surface area contributed by atoms with E-state index in [2.05, 4.69) is 20.3 Å². The fourth-order valence-electron chi connectivity index (χ4n) is 4.94. The molecule has 2 aliphatic rings. The van der Waals surface area contributed by atoms with Crippen LogP contribution in [0.4, 0.5) is 8.78 Å². The van der Waals surface area contributed by atoms with E-state index in [1.54, 1.807) is 17.9 Å². The van der Waals surface area contributed by atoms with Crippen molar-refractivity contribution >= 4 is 22.8 Å². The highest BCUT2D eigenvalue weighted by Crippen LogP contribution is 2.38. The molecule has 1 unspecified atom stereocenters. The topological polar surface area (TPSA) is 100 Å². The van der Waals surface area contributed by atoms with Crippen LogP contribution in [0, 0.1) is 18.3 Å². The van der Waals surface area contributed by atoms with Crippen molar-refractivity contribution in [2.75, 3.05) is 19.7 Å². The van der Waals surface area contributed by atoms with E-state index in [4.69, 9.17) is 4.74 Å². The summed E-state index contributed by atoms with van der Waals surface area (Å²) in [5, 5.41) is 3.09. The number of likely N-dealkylation sites (tertiary alicyclic amines) is 1. The molecule has 2 N–H and O–H groups in total. The number of hydrogen-bond acceptors (Lipinski definition) is 5. The predicted molar refractivity (Wildman–Crippen MR) is 135 cm³/mol. The second-order valence-corrected chi connectivity index (χ2v) is 10.8. The summed E-state index contributed by atoms with van der Waals surface area (Å²) >= 11 is 0. The molecule has 2 amide bonds. The zero-order chi connectivity index (χ0) is 26.5. The number of hydrogen-bond donors (Lipinski definition) is 2. The lowest BCUT2D eigenvalue weighted by Crippen LogP contribution is -2.44. The molecule has 1 atom stereocenters. The zero-order valence-corrected chi connectivity index (χ0v) is 21.4. The maximum atomic E-state index is 13.6. The third-order valence-electron chi connectivity index (χ3n) is 7.38. The number of H-pyrrole nitrogens is 1. The molecule has 0 bridgehead atoms. The van der Waals surface area contributed by atoms with Crippen molar-refractivity contribution in [3.63, 3.8) is 0 Å². The Morgan fingerprint density at radius 1 is 1.27 bits per heavy atom. The summed E-state index contributed by atoms with van der Waals surface area (Å²) in [6.07, 6.45) is 0.875. The Bertz CT molecular complexity index is 1370. The second-order valence-electron chi connectivity index (χ2n) is 10.8. The number of nitrogens with one attached hydrogen (secondary N) is 2. The molecule has 3 aromatic rings. The van der Waals surface area contributed by atoms with Crippen LogP contribution in [0.15, 0.2) is 24.5 Å². The summed E-state index contributed by atoms with van der Waals surface area (Å²) < 4.78 is 33.2. The minimum Gasteiger partial charge on any atom is -0.493 e. The fraction of sp³-hybridized carbons (Fsp3) is 0.481. The van der Waals surface area contributed by atoms with E-state index in [-0.39, 0.29) is 28.8 Å². The monoisotopic (exact) mass is 511 g/mol. The first kappa shape index (κ1) is 25.1.